The van der Waals surface area contributed by atoms with Crippen molar-refractivity contribution < 1.29 is 24.2 Å². The van der Waals surface area contributed by atoms with Gasteiger partial charge < -0.3 is 14.6 Å². The van der Waals surface area contributed by atoms with Gasteiger partial charge in [-0.15, -0.1) is 0 Å². The van der Waals surface area contributed by atoms with Gasteiger partial charge >= 0.3 is 0 Å². The molecule has 0 aliphatic heterocycles. The summed E-state index contributed by atoms with van der Waals surface area (Å²) in [6, 6.07) is 5.36. The lowest BCUT2D eigenvalue weighted by molar-refractivity contribution is -0.141. The van der Waals surface area contributed by atoms with Gasteiger partial charge in [-0.2, -0.15) is 0 Å². The Kier molecular flexibility index (Phi) is 3.92. The highest BCUT2D eigenvalue weighted by atomic mass is 16.5. The van der Waals surface area contributed by atoms with Crippen molar-refractivity contribution in [1.82, 2.24) is 0 Å². The van der Waals surface area contributed by atoms with Crippen LogP contribution in [0.1, 0.15) is 44.1 Å². The molecule has 3 rings (SSSR count). The lowest BCUT2D eigenvalue weighted by Gasteiger charge is -2.40. The van der Waals surface area contributed by atoms with Gasteiger partial charge in [-0.3, -0.25) is 9.59 Å². The molecule has 124 valence electrons. The molecule has 2 aliphatic rings. The van der Waals surface area contributed by atoms with Crippen LogP contribution in [0.4, 0.5) is 0 Å². The number of aliphatic hydroxyl groups is 1. The van der Waals surface area contributed by atoms with Crippen molar-refractivity contribution in [2.45, 2.75) is 44.1 Å². The third-order valence-corrected chi connectivity index (χ3v) is 5.50. The van der Waals surface area contributed by atoms with E-state index < -0.39 is 11.0 Å². The van der Waals surface area contributed by atoms with E-state index >= 15 is 0 Å². The third-order valence-electron chi connectivity index (χ3n) is 5.50. The van der Waals surface area contributed by atoms with E-state index in [1.807, 2.05) is 6.07 Å². The molecule has 0 heterocycles. The molecule has 2 fully saturated rings. The zero-order valence-corrected chi connectivity index (χ0v) is 13.6. The average molecular weight is 318 g/mol. The Morgan fingerprint density at radius 3 is 2.00 bits per heavy atom. The number of ketones is 2. The molecular weight excluding hydrogens is 296 g/mol. The van der Waals surface area contributed by atoms with E-state index in [0.29, 0.717) is 50.0 Å². The van der Waals surface area contributed by atoms with E-state index in [0.717, 1.165) is 5.56 Å². The van der Waals surface area contributed by atoms with Gasteiger partial charge in [-0.25, -0.2) is 0 Å². The molecule has 0 unspecified atom stereocenters. The minimum absolute atomic E-state index is 0.0526. The Morgan fingerprint density at radius 2 is 1.48 bits per heavy atom. The van der Waals surface area contributed by atoms with Crippen LogP contribution in [-0.4, -0.2) is 30.9 Å². The zero-order valence-electron chi connectivity index (χ0n) is 13.6. The standard InChI is InChI=1S/C18H22O5/c1-22-13-4-3-12(11-14(13)23-2)18(21)9-7-17(8-10-18)15(19)5-6-16(17)20/h3-4,11,21H,5-10H2,1-2H3. The fourth-order valence-electron chi connectivity index (χ4n) is 3.92. The van der Waals surface area contributed by atoms with Crippen molar-refractivity contribution in [3.63, 3.8) is 0 Å². The number of Topliss-reactive ketones (excluding diaryl/α,β-unsaturated/α-hetero) is 2. The minimum Gasteiger partial charge on any atom is -0.493 e. The molecule has 1 N–H and O–H groups in total. The second-order valence-electron chi connectivity index (χ2n) is 6.53. The summed E-state index contributed by atoms with van der Waals surface area (Å²) in [6.07, 6.45) is 2.37. The quantitative estimate of drug-likeness (QED) is 0.866. The first kappa shape index (κ1) is 16.0. The maximum Gasteiger partial charge on any atom is 0.161 e. The maximum absolute atomic E-state index is 12.2. The molecule has 0 radical (unpaired) electrons. The van der Waals surface area contributed by atoms with Gasteiger partial charge in [-0.05, 0) is 43.4 Å². The average Bonchev–Trinajstić information content (AvgIpc) is 2.85. The van der Waals surface area contributed by atoms with Crippen LogP contribution in [0.25, 0.3) is 0 Å². The number of carbonyl (C=O) groups excluding carboxylic acids is 2. The largest absolute Gasteiger partial charge is 0.493 e. The first-order valence-corrected chi connectivity index (χ1v) is 7.97. The summed E-state index contributed by atoms with van der Waals surface area (Å²) < 4.78 is 10.5. The van der Waals surface area contributed by atoms with E-state index in [9.17, 15) is 14.7 Å². The number of benzene rings is 1. The van der Waals surface area contributed by atoms with Crippen molar-refractivity contribution in [3.05, 3.63) is 23.8 Å². The SMILES string of the molecule is COc1ccc(C2(O)CCC3(CC2)C(=O)CCC3=O)cc1OC. The molecule has 2 aliphatic carbocycles. The lowest BCUT2D eigenvalue weighted by atomic mass is 9.65. The van der Waals surface area contributed by atoms with Crippen molar-refractivity contribution >= 4 is 11.6 Å². The van der Waals surface area contributed by atoms with E-state index in [1.165, 1.54) is 0 Å². The highest BCUT2D eigenvalue weighted by Gasteiger charge is 2.53. The number of rotatable bonds is 3. The van der Waals surface area contributed by atoms with Crippen LogP contribution < -0.4 is 9.47 Å². The van der Waals surface area contributed by atoms with E-state index in [4.69, 9.17) is 9.47 Å². The van der Waals surface area contributed by atoms with Gasteiger partial charge in [-0.1, -0.05) is 6.07 Å². The fraction of sp³-hybridized carbons (Fsp3) is 0.556. The van der Waals surface area contributed by atoms with E-state index in [1.54, 1.807) is 26.4 Å². The van der Waals surface area contributed by atoms with Crippen LogP contribution >= 0.6 is 0 Å². The highest BCUT2D eigenvalue weighted by molar-refractivity contribution is 6.12. The summed E-state index contributed by atoms with van der Waals surface area (Å²) in [7, 11) is 3.12. The molecule has 0 aromatic heterocycles. The van der Waals surface area contributed by atoms with Crippen molar-refractivity contribution in [2.75, 3.05) is 14.2 Å². The van der Waals surface area contributed by atoms with Gasteiger partial charge in [0.1, 0.15) is 11.6 Å². The molecule has 1 aromatic carbocycles. The molecule has 1 aromatic rings. The number of hydrogen-bond donors (Lipinski definition) is 1. The first-order chi connectivity index (χ1) is 10.9. The van der Waals surface area contributed by atoms with Gasteiger partial charge in [0.05, 0.1) is 25.2 Å². The van der Waals surface area contributed by atoms with Gasteiger partial charge in [0.15, 0.2) is 11.5 Å². The summed E-state index contributed by atoms with van der Waals surface area (Å²) in [6.45, 7) is 0. The number of carbonyl (C=O) groups is 2. The molecule has 2 saturated carbocycles. The molecule has 0 bridgehead atoms. The Balaban J connectivity index is 1.85. The number of hydrogen-bond acceptors (Lipinski definition) is 5. The van der Waals surface area contributed by atoms with E-state index in [-0.39, 0.29) is 11.6 Å². The molecular formula is C18H22O5. The fourth-order valence-corrected chi connectivity index (χ4v) is 3.92. The Morgan fingerprint density at radius 1 is 0.913 bits per heavy atom. The van der Waals surface area contributed by atoms with Crippen LogP contribution in [0.3, 0.4) is 0 Å². The summed E-state index contributed by atoms with van der Waals surface area (Å²) in [5.74, 6) is 1.27. The highest BCUT2D eigenvalue weighted by Crippen LogP contribution is 2.50. The topological polar surface area (TPSA) is 72.8 Å². The molecule has 0 saturated heterocycles. The molecule has 0 amide bonds. The normalized spacial score (nSPS) is 22.4. The van der Waals surface area contributed by atoms with Crippen LogP contribution in [0.15, 0.2) is 18.2 Å². The van der Waals surface area contributed by atoms with Crippen molar-refractivity contribution in [3.8, 4) is 11.5 Å². The van der Waals surface area contributed by atoms with Crippen LogP contribution in [0, 0.1) is 5.41 Å². The summed E-state index contributed by atoms with van der Waals surface area (Å²) in [4.78, 5) is 24.3. The molecule has 5 nitrogen and oxygen atoms in total. The molecule has 1 spiro atoms. The Hall–Kier alpha value is -1.88. The summed E-state index contributed by atoms with van der Waals surface area (Å²) in [5.41, 5.74) is -1.13. The van der Waals surface area contributed by atoms with Crippen molar-refractivity contribution in [2.24, 2.45) is 5.41 Å². The zero-order chi connectivity index (χ0) is 16.7. The summed E-state index contributed by atoms with van der Waals surface area (Å²) >= 11 is 0. The maximum atomic E-state index is 12.2. The van der Waals surface area contributed by atoms with Gasteiger partial charge in [0, 0.05) is 12.8 Å². The van der Waals surface area contributed by atoms with Gasteiger partial charge in [0.25, 0.3) is 0 Å². The summed E-state index contributed by atoms with van der Waals surface area (Å²) in [5, 5.41) is 11.0. The second kappa shape index (κ2) is 5.64. The predicted octanol–water partition coefficient (Wildman–Crippen LogP) is 2.38. The van der Waals surface area contributed by atoms with Crippen LogP contribution in [-0.2, 0) is 15.2 Å². The number of ether oxygens (including phenoxy) is 2. The lowest BCUT2D eigenvalue weighted by Crippen LogP contribution is -2.42. The predicted molar refractivity (Wildman–Crippen MR) is 83.6 cm³/mol. The monoisotopic (exact) mass is 318 g/mol. The van der Waals surface area contributed by atoms with E-state index in [2.05, 4.69) is 0 Å². The smallest absolute Gasteiger partial charge is 0.161 e. The van der Waals surface area contributed by atoms with Crippen LogP contribution in [0.2, 0.25) is 0 Å². The molecule has 0 atom stereocenters. The van der Waals surface area contributed by atoms with Crippen LogP contribution in [0.5, 0.6) is 11.5 Å². The minimum atomic E-state index is -1.03. The van der Waals surface area contributed by atoms with Crippen molar-refractivity contribution in [1.29, 1.82) is 0 Å². The van der Waals surface area contributed by atoms with Gasteiger partial charge in [0.2, 0.25) is 0 Å². The molecule has 5 heteroatoms. The molecule has 23 heavy (non-hydrogen) atoms. The number of methoxy groups -OCH3 is 2. The Labute approximate surface area is 135 Å². The second-order valence-corrected chi connectivity index (χ2v) is 6.53. The third kappa shape index (κ3) is 2.43. The Bertz CT molecular complexity index is 623. The first-order valence-electron chi connectivity index (χ1n) is 7.97.